The molecule has 0 aromatic heterocycles. The number of hydrogen-bond donors (Lipinski definition) is 1. The Hall–Kier alpha value is -2.45. The fraction of sp³-hybridized carbons (Fsp3) is 0.350. The van der Waals surface area contributed by atoms with Crippen LogP contribution in [0.3, 0.4) is 0 Å². The molecule has 1 atom stereocenters. The minimum Gasteiger partial charge on any atom is -0.493 e. The van der Waals surface area contributed by atoms with Crippen LogP contribution in [0.2, 0.25) is 5.02 Å². The van der Waals surface area contributed by atoms with E-state index in [1.54, 1.807) is 50.2 Å². The number of amides is 1. The second-order valence-electron chi connectivity index (χ2n) is 6.47. The van der Waals surface area contributed by atoms with E-state index in [1.165, 1.54) is 14.2 Å². The van der Waals surface area contributed by atoms with Crippen molar-refractivity contribution in [3.8, 4) is 11.5 Å². The van der Waals surface area contributed by atoms with Crippen molar-refractivity contribution in [3.63, 3.8) is 0 Å². The van der Waals surface area contributed by atoms with Crippen molar-refractivity contribution in [1.82, 2.24) is 0 Å². The van der Waals surface area contributed by atoms with Crippen molar-refractivity contribution in [1.29, 1.82) is 0 Å². The molecule has 158 valence electrons. The maximum atomic E-state index is 13.0. The number of anilines is 2. The Morgan fingerprint density at radius 1 is 1.14 bits per heavy atom. The molecule has 2 aromatic rings. The SMILES string of the molecule is CC[C@@H](C(=O)Nc1ccc(OC)c(OC)c1)N(c1cc(Cl)ccc1C)S(C)(=O)=O. The monoisotopic (exact) mass is 440 g/mol. The summed E-state index contributed by atoms with van der Waals surface area (Å²) in [5, 5.41) is 3.15. The van der Waals surface area contributed by atoms with Gasteiger partial charge in [-0.2, -0.15) is 0 Å². The lowest BCUT2D eigenvalue weighted by Gasteiger charge is -2.31. The standard InChI is InChI=1S/C20H25ClN2O5S/c1-6-16(20(24)22-15-9-10-18(27-3)19(12-15)28-4)23(29(5,25)26)17-11-14(21)8-7-13(17)2/h7-12,16H,6H2,1-5H3,(H,22,24)/t16-/m0/s1. The fourth-order valence-electron chi connectivity index (χ4n) is 2.99. The van der Waals surface area contributed by atoms with Gasteiger partial charge in [0.05, 0.1) is 26.2 Å². The first-order valence-electron chi connectivity index (χ1n) is 8.90. The van der Waals surface area contributed by atoms with E-state index in [9.17, 15) is 13.2 Å². The van der Waals surface area contributed by atoms with Gasteiger partial charge in [0, 0.05) is 16.8 Å². The van der Waals surface area contributed by atoms with Crippen molar-refractivity contribution in [3.05, 3.63) is 47.0 Å². The predicted octanol–water partition coefficient (Wildman–Crippen LogP) is 3.85. The molecule has 0 saturated heterocycles. The van der Waals surface area contributed by atoms with Gasteiger partial charge in [0.15, 0.2) is 11.5 Å². The van der Waals surface area contributed by atoms with Crippen LogP contribution in [0.4, 0.5) is 11.4 Å². The lowest BCUT2D eigenvalue weighted by atomic mass is 10.1. The number of halogens is 1. The summed E-state index contributed by atoms with van der Waals surface area (Å²) in [6.45, 7) is 3.51. The Labute approximate surface area is 176 Å². The smallest absolute Gasteiger partial charge is 0.248 e. The number of benzene rings is 2. The molecule has 1 amide bonds. The minimum absolute atomic E-state index is 0.262. The third-order valence-electron chi connectivity index (χ3n) is 4.39. The summed E-state index contributed by atoms with van der Waals surface area (Å²) in [6, 6.07) is 8.89. The number of carbonyl (C=O) groups is 1. The largest absolute Gasteiger partial charge is 0.493 e. The van der Waals surface area contributed by atoms with Crippen molar-refractivity contribution >= 4 is 38.9 Å². The van der Waals surface area contributed by atoms with Crippen LogP contribution in [0.15, 0.2) is 36.4 Å². The van der Waals surface area contributed by atoms with Gasteiger partial charge in [-0.15, -0.1) is 0 Å². The van der Waals surface area contributed by atoms with Gasteiger partial charge in [-0.3, -0.25) is 9.10 Å². The zero-order valence-electron chi connectivity index (χ0n) is 17.0. The summed E-state index contributed by atoms with van der Waals surface area (Å²) in [6.07, 6.45) is 1.33. The van der Waals surface area contributed by atoms with Gasteiger partial charge in [-0.05, 0) is 43.2 Å². The Bertz CT molecular complexity index is 994. The maximum Gasteiger partial charge on any atom is 0.248 e. The lowest BCUT2D eigenvalue weighted by Crippen LogP contribution is -2.47. The van der Waals surface area contributed by atoms with E-state index in [0.717, 1.165) is 10.6 Å². The number of ether oxygens (including phenoxy) is 2. The average molecular weight is 441 g/mol. The third kappa shape index (κ3) is 5.33. The van der Waals surface area contributed by atoms with Crippen LogP contribution in [-0.2, 0) is 14.8 Å². The minimum atomic E-state index is -3.76. The molecule has 0 aliphatic heterocycles. The van der Waals surface area contributed by atoms with Crippen molar-refractivity contribution < 1.29 is 22.7 Å². The van der Waals surface area contributed by atoms with Crippen LogP contribution >= 0.6 is 11.6 Å². The number of aryl methyl sites for hydroxylation is 1. The normalized spacial score (nSPS) is 12.2. The van der Waals surface area contributed by atoms with Gasteiger partial charge < -0.3 is 14.8 Å². The van der Waals surface area contributed by atoms with E-state index >= 15 is 0 Å². The number of rotatable bonds is 8. The first kappa shape index (κ1) is 22.8. The highest BCUT2D eigenvalue weighted by Crippen LogP contribution is 2.32. The van der Waals surface area contributed by atoms with Crippen molar-refractivity contribution in [2.24, 2.45) is 0 Å². The zero-order chi connectivity index (χ0) is 21.8. The first-order chi connectivity index (χ1) is 13.6. The van der Waals surface area contributed by atoms with E-state index < -0.39 is 22.0 Å². The van der Waals surface area contributed by atoms with E-state index in [0.29, 0.717) is 33.5 Å². The molecule has 2 aromatic carbocycles. The third-order valence-corrected chi connectivity index (χ3v) is 5.79. The molecule has 0 aliphatic rings. The van der Waals surface area contributed by atoms with Gasteiger partial charge in [0.25, 0.3) is 0 Å². The molecule has 0 bridgehead atoms. The predicted molar refractivity (Wildman–Crippen MR) is 116 cm³/mol. The van der Waals surface area contributed by atoms with Crippen LogP contribution in [0.25, 0.3) is 0 Å². The molecule has 29 heavy (non-hydrogen) atoms. The van der Waals surface area contributed by atoms with E-state index in [1.807, 2.05) is 0 Å². The van der Waals surface area contributed by atoms with Crippen molar-refractivity contribution in [2.45, 2.75) is 26.3 Å². The van der Waals surface area contributed by atoms with Crippen LogP contribution in [0, 0.1) is 6.92 Å². The molecule has 2 rings (SSSR count). The summed E-state index contributed by atoms with van der Waals surface area (Å²) < 4.78 is 36.8. The molecule has 0 heterocycles. The molecule has 0 spiro atoms. The van der Waals surface area contributed by atoms with Crippen LogP contribution in [0.1, 0.15) is 18.9 Å². The highest BCUT2D eigenvalue weighted by atomic mass is 35.5. The molecular weight excluding hydrogens is 416 g/mol. The lowest BCUT2D eigenvalue weighted by molar-refractivity contribution is -0.117. The topological polar surface area (TPSA) is 84.9 Å². The molecule has 0 fully saturated rings. The summed E-state index contributed by atoms with van der Waals surface area (Å²) in [5.41, 5.74) is 1.52. The summed E-state index contributed by atoms with van der Waals surface area (Å²) >= 11 is 6.08. The molecule has 0 saturated carbocycles. The zero-order valence-corrected chi connectivity index (χ0v) is 18.6. The number of hydrogen-bond acceptors (Lipinski definition) is 5. The quantitative estimate of drug-likeness (QED) is 0.673. The van der Waals surface area contributed by atoms with Gasteiger partial charge in [-0.1, -0.05) is 24.6 Å². The van der Waals surface area contributed by atoms with E-state index in [4.69, 9.17) is 21.1 Å². The maximum absolute atomic E-state index is 13.0. The van der Waals surface area contributed by atoms with Crippen LogP contribution in [0.5, 0.6) is 11.5 Å². The molecular formula is C20H25ClN2O5S. The molecule has 0 unspecified atom stereocenters. The van der Waals surface area contributed by atoms with E-state index in [-0.39, 0.29) is 6.42 Å². The Morgan fingerprint density at radius 3 is 2.34 bits per heavy atom. The summed E-state index contributed by atoms with van der Waals surface area (Å²) in [4.78, 5) is 13.0. The van der Waals surface area contributed by atoms with Crippen molar-refractivity contribution in [2.75, 3.05) is 30.1 Å². The number of carbonyl (C=O) groups excluding carboxylic acids is 1. The second-order valence-corrected chi connectivity index (χ2v) is 8.77. The van der Waals surface area contributed by atoms with Gasteiger partial charge in [0.2, 0.25) is 15.9 Å². The summed E-state index contributed by atoms with van der Waals surface area (Å²) in [7, 11) is -0.754. The van der Waals surface area contributed by atoms with Crippen LogP contribution in [-0.4, -0.2) is 40.8 Å². The molecule has 7 nitrogen and oxygen atoms in total. The molecule has 9 heteroatoms. The highest BCUT2D eigenvalue weighted by Gasteiger charge is 2.32. The first-order valence-corrected chi connectivity index (χ1v) is 11.1. The number of sulfonamides is 1. The number of methoxy groups -OCH3 is 2. The highest BCUT2D eigenvalue weighted by molar-refractivity contribution is 7.92. The van der Waals surface area contributed by atoms with Gasteiger partial charge in [-0.25, -0.2) is 8.42 Å². The average Bonchev–Trinajstić information content (AvgIpc) is 2.66. The fourth-order valence-corrected chi connectivity index (χ4v) is 4.42. The van der Waals surface area contributed by atoms with Gasteiger partial charge in [0.1, 0.15) is 6.04 Å². The Kier molecular flexibility index (Phi) is 7.37. The molecule has 0 aliphatic carbocycles. The second kappa shape index (κ2) is 9.37. The van der Waals surface area contributed by atoms with Crippen LogP contribution < -0.4 is 19.1 Å². The Balaban J connectivity index is 2.43. The molecule has 0 radical (unpaired) electrons. The number of nitrogens with one attached hydrogen (secondary N) is 1. The Morgan fingerprint density at radius 2 is 1.79 bits per heavy atom. The molecule has 1 N–H and O–H groups in total. The van der Waals surface area contributed by atoms with Gasteiger partial charge >= 0.3 is 0 Å². The number of nitrogens with zero attached hydrogens (tertiary/aromatic N) is 1. The van der Waals surface area contributed by atoms with E-state index in [2.05, 4.69) is 5.32 Å². The summed E-state index contributed by atoms with van der Waals surface area (Å²) in [5.74, 6) is 0.498.